The number of halogens is 1. The van der Waals surface area contributed by atoms with Gasteiger partial charge in [-0.1, -0.05) is 13.8 Å². The molecule has 2 amide bonds. The lowest BCUT2D eigenvalue weighted by Gasteiger charge is -2.31. The molecular weight excluding hydrogens is 417 g/mol. The molecule has 176 valence electrons. The van der Waals surface area contributed by atoms with Crippen molar-refractivity contribution in [3.63, 3.8) is 0 Å². The van der Waals surface area contributed by atoms with E-state index in [0.29, 0.717) is 55.7 Å². The van der Waals surface area contributed by atoms with Crippen molar-refractivity contribution in [1.29, 1.82) is 0 Å². The van der Waals surface area contributed by atoms with Crippen LogP contribution in [0.1, 0.15) is 44.6 Å². The molecule has 0 unspecified atom stereocenters. The zero-order chi connectivity index (χ0) is 23.8. The number of hydrogen-bond donors (Lipinski definition) is 2. The number of fused-ring (bicyclic) bond motifs is 1. The molecule has 3 rings (SSSR count). The first kappa shape index (κ1) is 25.3. The molecule has 2 heterocycles. The van der Waals surface area contributed by atoms with Gasteiger partial charge in [-0.15, -0.1) is 0 Å². The number of hydrogen-bond acceptors (Lipinski definition) is 6. The number of benzene rings is 1. The van der Waals surface area contributed by atoms with Crippen molar-refractivity contribution in [3.8, 4) is 0 Å². The topological polar surface area (TPSA) is 108 Å². The molecule has 1 aromatic carbocycles. The van der Waals surface area contributed by atoms with Gasteiger partial charge in [0.05, 0.1) is 12.1 Å². The maximum Gasteiger partial charge on any atom is 0.317 e. The SMILES string of the molecule is CC.CN(CCC(=O)NC=O)c1nn(C)c2cc(C3CCN(CC(=O)O)CC3)c(F)cc12. The molecule has 1 fully saturated rings. The average molecular weight is 450 g/mol. The van der Waals surface area contributed by atoms with E-state index in [-0.39, 0.29) is 30.6 Å². The van der Waals surface area contributed by atoms with Gasteiger partial charge in [-0.05, 0) is 49.5 Å². The van der Waals surface area contributed by atoms with Crippen LogP contribution >= 0.6 is 0 Å². The molecule has 9 nitrogen and oxygen atoms in total. The fourth-order valence-corrected chi connectivity index (χ4v) is 3.98. The molecule has 10 heteroatoms. The largest absolute Gasteiger partial charge is 0.480 e. The van der Waals surface area contributed by atoms with E-state index in [9.17, 15) is 14.4 Å². The van der Waals surface area contributed by atoms with E-state index >= 15 is 4.39 Å². The summed E-state index contributed by atoms with van der Waals surface area (Å²) in [6.07, 6.45) is 1.86. The zero-order valence-electron chi connectivity index (χ0n) is 19.1. The van der Waals surface area contributed by atoms with Crippen molar-refractivity contribution in [1.82, 2.24) is 20.0 Å². The predicted molar refractivity (Wildman–Crippen MR) is 120 cm³/mol. The highest BCUT2D eigenvalue weighted by atomic mass is 19.1. The quantitative estimate of drug-likeness (QED) is 0.594. The number of aromatic nitrogens is 2. The normalized spacial score (nSPS) is 14.5. The Hall–Kier alpha value is -3.01. The summed E-state index contributed by atoms with van der Waals surface area (Å²) in [4.78, 5) is 36.4. The summed E-state index contributed by atoms with van der Waals surface area (Å²) in [5.74, 6) is -0.952. The second-order valence-electron chi connectivity index (χ2n) is 7.64. The van der Waals surface area contributed by atoms with Gasteiger partial charge in [0.15, 0.2) is 5.82 Å². The molecular formula is C22H32FN5O4. The minimum atomic E-state index is -0.851. The Labute approximate surface area is 187 Å². The van der Waals surface area contributed by atoms with Gasteiger partial charge in [0.25, 0.3) is 0 Å². The number of carbonyl (C=O) groups excluding carboxylic acids is 2. The van der Waals surface area contributed by atoms with E-state index in [1.54, 1.807) is 23.7 Å². The minimum Gasteiger partial charge on any atom is -0.480 e. The fraction of sp³-hybridized carbons (Fsp3) is 0.545. The molecule has 2 N–H and O–H groups in total. The van der Waals surface area contributed by atoms with E-state index in [1.165, 1.54) is 6.07 Å². The Balaban J connectivity index is 0.00000176. The van der Waals surface area contributed by atoms with Crippen LogP contribution in [-0.4, -0.2) is 71.3 Å². The molecule has 0 radical (unpaired) electrons. The van der Waals surface area contributed by atoms with Crippen molar-refractivity contribution in [2.75, 3.05) is 38.1 Å². The van der Waals surface area contributed by atoms with Crippen LogP contribution in [0.2, 0.25) is 0 Å². The highest BCUT2D eigenvalue weighted by Crippen LogP contribution is 2.34. The summed E-state index contributed by atoms with van der Waals surface area (Å²) in [6, 6.07) is 3.31. The van der Waals surface area contributed by atoms with Gasteiger partial charge in [0, 0.05) is 32.4 Å². The van der Waals surface area contributed by atoms with Crippen molar-refractivity contribution >= 4 is 35.0 Å². The second kappa shape index (κ2) is 11.6. The summed E-state index contributed by atoms with van der Waals surface area (Å²) < 4.78 is 16.7. The van der Waals surface area contributed by atoms with Gasteiger partial charge in [-0.2, -0.15) is 5.10 Å². The highest BCUT2D eigenvalue weighted by molar-refractivity contribution is 5.92. The number of nitrogens with zero attached hydrogens (tertiary/aromatic N) is 4. The Morgan fingerprint density at radius 3 is 2.56 bits per heavy atom. The van der Waals surface area contributed by atoms with E-state index in [0.717, 1.165) is 5.52 Å². The minimum absolute atomic E-state index is 0.0104. The molecule has 0 spiro atoms. The number of likely N-dealkylation sites (tertiary alicyclic amines) is 1. The first-order valence-electron chi connectivity index (χ1n) is 10.8. The Morgan fingerprint density at radius 2 is 1.97 bits per heavy atom. The number of aliphatic carboxylic acids is 1. The molecule has 0 atom stereocenters. The number of carbonyl (C=O) groups is 3. The van der Waals surface area contributed by atoms with Crippen LogP contribution < -0.4 is 10.2 Å². The van der Waals surface area contributed by atoms with Gasteiger partial charge in [-0.25, -0.2) is 4.39 Å². The first-order valence-corrected chi connectivity index (χ1v) is 10.8. The van der Waals surface area contributed by atoms with Crippen LogP contribution in [0, 0.1) is 5.82 Å². The number of aryl methyl sites for hydroxylation is 1. The van der Waals surface area contributed by atoms with E-state index < -0.39 is 5.97 Å². The molecule has 32 heavy (non-hydrogen) atoms. The van der Waals surface area contributed by atoms with Gasteiger partial charge in [0.2, 0.25) is 12.3 Å². The molecule has 2 aromatic rings. The van der Waals surface area contributed by atoms with Gasteiger partial charge in [-0.3, -0.25) is 29.3 Å². The number of rotatable bonds is 8. The predicted octanol–water partition coefficient (Wildman–Crippen LogP) is 2.10. The van der Waals surface area contributed by atoms with Gasteiger partial charge >= 0.3 is 5.97 Å². The van der Waals surface area contributed by atoms with Crippen LogP contribution in [0.25, 0.3) is 10.9 Å². The third kappa shape index (κ3) is 6.03. The summed E-state index contributed by atoms with van der Waals surface area (Å²) in [6.45, 7) is 5.58. The number of nitrogens with one attached hydrogen (secondary N) is 1. The Bertz CT molecular complexity index is 953. The highest BCUT2D eigenvalue weighted by Gasteiger charge is 2.25. The first-order chi connectivity index (χ1) is 15.3. The van der Waals surface area contributed by atoms with Crippen LogP contribution in [-0.2, 0) is 21.4 Å². The van der Waals surface area contributed by atoms with Crippen LogP contribution in [0.3, 0.4) is 0 Å². The Kier molecular flexibility index (Phi) is 9.13. The Morgan fingerprint density at radius 1 is 1.31 bits per heavy atom. The number of carboxylic acid groups (broad SMARTS) is 1. The van der Waals surface area contributed by atoms with E-state index in [1.807, 2.05) is 24.8 Å². The third-order valence-corrected chi connectivity index (χ3v) is 5.59. The van der Waals surface area contributed by atoms with Crippen molar-refractivity contribution in [2.45, 2.75) is 39.0 Å². The van der Waals surface area contributed by atoms with Crippen LogP contribution in [0.15, 0.2) is 12.1 Å². The number of imide groups is 1. The molecule has 0 aliphatic carbocycles. The number of piperidine rings is 1. The lowest BCUT2D eigenvalue weighted by molar-refractivity contribution is -0.138. The summed E-state index contributed by atoms with van der Waals surface area (Å²) >= 11 is 0. The van der Waals surface area contributed by atoms with Crippen molar-refractivity contribution in [2.24, 2.45) is 7.05 Å². The molecule has 1 aromatic heterocycles. The second-order valence-corrected chi connectivity index (χ2v) is 7.64. The van der Waals surface area contributed by atoms with E-state index in [2.05, 4.69) is 10.4 Å². The van der Waals surface area contributed by atoms with Crippen LogP contribution in [0.4, 0.5) is 10.2 Å². The molecule has 1 aliphatic rings. The smallest absolute Gasteiger partial charge is 0.317 e. The van der Waals surface area contributed by atoms with Crippen LogP contribution in [0.5, 0.6) is 0 Å². The molecule has 1 saturated heterocycles. The summed E-state index contributed by atoms with van der Waals surface area (Å²) in [5.41, 5.74) is 1.42. The van der Waals surface area contributed by atoms with Gasteiger partial charge < -0.3 is 10.0 Å². The average Bonchev–Trinajstić information content (AvgIpc) is 3.09. The maximum absolute atomic E-state index is 15.0. The molecule has 0 bridgehead atoms. The standard InChI is InChI=1S/C20H26FN5O4.C2H6/c1-24(6-5-18(28)22-12-27)20-15-9-16(21)14(10-17(15)25(2)23-20)13-3-7-26(8-4-13)11-19(29)30;1-2/h9-10,12-13H,3-8,11H2,1-2H3,(H,29,30)(H,22,27,28);1-2H3. The lowest BCUT2D eigenvalue weighted by atomic mass is 9.88. The molecule has 1 aliphatic heterocycles. The number of amides is 2. The summed E-state index contributed by atoms with van der Waals surface area (Å²) in [7, 11) is 3.55. The number of anilines is 1. The zero-order valence-corrected chi connectivity index (χ0v) is 19.1. The summed E-state index contributed by atoms with van der Waals surface area (Å²) in [5, 5.41) is 16.2. The van der Waals surface area contributed by atoms with Gasteiger partial charge in [0.1, 0.15) is 5.82 Å². The van der Waals surface area contributed by atoms with Crippen molar-refractivity contribution in [3.05, 3.63) is 23.5 Å². The van der Waals surface area contributed by atoms with E-state index in [4.69, 9.17) is 5.11 Å². The van der Waals surface area contributed by atoms with Crippen molar-refractivity contribution < 1.29 is 23.9 Å². The fourth-order valence-electron chi connectivity index (χ4n) is 3.98. The number of carboxylic acids is 1. The monoisotopic (exact) mass is 449 g/mol. The molecule has 0 saturated carbocycles. The maximum atomic E-state index is 15.0. The lowest BCUT2D eigenvalue weighted by Crippen LogP contribution is -2.36. The third-order valence-electron chi connectivity index (χ3n) is 5.59.